The number of hydrogen-bond donors (Lipinski definition) is 2. The lowest BCUT2D eigenvalue weighted by Gasteiger charge is -2.31. The highest BCUT2D eigenvalue weighted by Crippen LogP contribution is 2.44. The van der Waals surface area contributed by atoms with Gasteiger partial charge in [0.2, 0.25) is 0 Å². The zero-order valence-electron chi connectivity index (χ0n) is 12.5. The molecule has 0 fully saturated rings. The van der Waals surface area contributed by atoms with Gasteiger partial charge in [0.15, 0.2) is 5.43 Å². The normalized spacial score (nSPS) is 22.9. The Morgan fingerprint density at radius 2 is 2.09 bits per heavy atom. The maximum absolute atomic E-state index is 12.3. The van der Waals surface area contributed by atoms with Crippen LogP contribution >= 0.6 is 0 Å². The fourth-order valence-corrected chi connectivity index (χ4v) is 3.07. The number of aliphatic hydroxyl groups is 2. The van der Waals surface area contributed by atoms with Crippen molar-refractivity contribution in [2.75, 3.05) is 7.11 Å². The Balaban J connectivity index is 2.22. The molecule has 5 heteroatoms. The molecule has 1 aromatic heterocycles. The minimum absolute atomic E-state index is 0.0673. The van der Waals surface area contributed by atoms with E-state index in [9.17, 15) is 15.0 Å². The number of ether oxygens (including phenoxy) is 1. The lowest BCUT2D eigenvalue weighted by Crippen LogP contribution is -2.26. The van der Waals surface area contributed by atoms with Crippen LogP contribution in [0.4, 0.5) is 0 Å². The number of methoxy groups -OCH3 is 1. The first-order valence-electron chi connectivity index (χ1n) is 7.29. The molecule has 1 heterocycles. The Morgan fingerprint density at radius 1 is 1.32 bits per heavy atom. The van der Waals surface area contributed by atoms with Gasteiger partial charge < -0.3 is 19.4 Å². The molecule has 0 saturated heterocycles. The zero-order valence-corrected chi connectivity index (χ0v) is 12.5. The van der Waals surface area contributed by atoms with Gasteiger partial charge in [0.25, 0.3) is 0 Å². The van der Waals surface area contributed by atoms with Crippen LogP contribution in [0.2, 0.25) is 0 Å². The molecule has 0 radical (unpaired) electrons. The average molecular weight is 302 g/mol. The number of rotatable bonds is 3. The van der Waals surface area contributed by atoms with Gasteiger partial charge in [-0.25, -0.2) is 0 Å². The topological polar surface area (TPSA) is 79.9 Å². The summed E-state index contributed by atoms with van der Waals surface area (Å²) in [5.74, 6) is 0.787. The van der Waals surface area contributed by atoms with Crippen molar-refractivity contribution in [3.05, 3.63) is 63.1 Å². The predicted octanol–water partition coefficient (Wildman–Crippen LogP) is 3.19. The van der Waals surface area contributed by atoms with Crippen molar-refractivity contribution in [1.82, 2.24) is 0 Å². The number of aryl methyl sites for hydroxylation is 1. The molecule has 22 heavy (non-hydrogen) atoms. The molecule has 0 aromatic carbocycles. The van der Waals surface area contributed by atoms with Gasteiger partial charge in [-0.3, -0.25) is 4.79 Å². The zero-order chi connectivity index (χ0) is 15.9. The first-order chi connectivity index (χ1) is 10.5. The van der Waals surface area contributed by atoms with E-state index in [4.69, 9.17) is 9.15 Å². The Morgan fingerprint density at radius 3 is 2.77 bits per heavy atom. The van der Waals surface area contributed by atoms with E-state index in [1.807, 2.05) is 6.92 Å². The van der Waals surface area contributed by atoms with Gasteiger partial charge >= 0.3 is 0 Å². The molecule has 116 valence electrons. The number of allylic oxidation sites excluding steroid dienone is 4. The van der Waals surface area contributed by atoms with Crippen LogP contribution in [0, 0.1) is 5.92 Å². The molecule has 2 aliphatic rings. The second-order valence-corrected chi connectivity index (χ2v) is 5.52. The van der Waals surface area contributed by atoms with Crippen molar-refractivity contribution in [3.63, 3.8) is 0 Å². The van der Waals surface area contributed by atoms with E-state index < -0.39 is 0 Å². The van der Waals surface area contributed by atoms with Crippen molar-refractivity contribution in [2.24, 2.45) is 5.92 Å². The highest BCUT2D eigenvalue weighted by atomic mass is 16.5. The van der Waals surface area contributed by atoms with Gasteiger partial charge in [0.1, 0.15) is 34.4 Å². The number of hydrogen-bond acceptors (Lipinski definition) is 5. The quantitative estimate of drug-likeness (QED) is 0.896. The molecule has 0 aliphatic heterocycles. The van der Waals surface area contributed by atoms with Crippen LogP contribution < -0.4 is 5.43 Å². The molecule has 5 nitrogen and oxygen atoms in total. The molecule has 1 aromatic rings. The summed E-state index contributed by atoms with van der Waals surface area (Å²) in [4.78, 5) is 12.3. The minimum Gasteiger partial charge on any atom is -0.508 e. The smallest absolute Gasteiger partial charge is 0.196 e. The van der Waals surface area contributed by atoms with Crippen molar-refractivity contribution in [2.45, 2.75) is 25.7 Å². The summed E-state index contributed by atoms with van der Waals surface area (Å²) < 4.78 is 11.2. The summed E-state index contributed by atoms with van der Waals surface area (Å²) in [6.07, 6.45) is 6.17. The maximum Gasteiger partial charge on any atom is 0.196 e. The van der Waals surface area contributed by atoms with E-state index in [1.54, 1.807) is 12.2 Å². The number of fused-ring (bicyclic) bond motifs is 3. The van der Waals surface area contributed by atoms with Crippen molar-refractivity contribution in [3.8, 4) is 0 Å². The molecule has 3 rings (SSSR count). The van der Waals surface area contributed by atoms with Crippen LogP contribution in [0.25, 0.3) is 5.76 Å². The van der Waals surface area contributed by atoms with Gasteiger partial charge in [-0.15, -0.1) is 0 Å². The second kappa shape index (κ2) is 5.40. The number of aliphatic hydroxyl groups excluding tert-OH is 2. The largest absolute Gasteiger partial charge is 0.508 e. The van der Waals surface area contributed by atoms with E-state index in [-0.39, 0.29) is 34.3 Å². The summed E-state index contributed by atoms with van der Waals surface area (Å²) in [6.45, 7) is 2.00. The minimum atomic E-state index is -0.351. The Labute approximate surface area is 127 Å². The van der Waals surface area contributed by atoms with E-state index in [1.165, 1.54) is 19.3 Å². The summed E-state index contributed by atoms with van der Waals surface area (Å²) in [5, 5.41) is 20.0. The van der Waals surface area contributed by atoms with Crippen molar-refractivity contribution in [1.29, 1.82) is 0 Å². The van der Waals surface area contributed by atoms with Gasteiger partial charge in [-0.1, -0.05) is 6.92 Å². The standard InChI is InChI=1S/C17H18O5/c1-3-4-11-8-13(20)16-12(19)6-9-5-10(18)7-14(21-2)15(9)17(16)22-11/h5-9,15,18-19H,3-4H2,1-2H3. The molecular formula is C17H18O5. The Hall–Kier alpha value is -2.43. The summed E-state index contributed by atoms with van der Waals surface area (Å²) in [7, 11) is 1.51. The molecule has 0 spiro atoms. The molecule has 2 aliphatic carbocycles. The van der Waals surface area contributed by atoms with Crippen LogP contribution in [0.1, 0.15) is 36.3 Å². The maximum atomic E-state index is 12.3. The molecule has 0 amide bonds. The first kappa shape index (κ1) is 14.5. The van der Waals surface area contributed by atoms with Crippen LogP contribution in [-0.4, -0.2) is 17.3 Å². The molecule has 2 N–H and O–H groups in total. The monoisotopic (exact) mass is 302 g/mol. The van der Waals surface area contributed by atoms with Crippen molar-refractivity contribution >= 4 is 5.76 Å². The fraction of sp³-hybridized carbons (Fsp3) is 0.353. The summed E-state index contributed by atoms with van der Waals surface area (Å²) >= 11 is 0. The SMILES string of the molecule is CCCc1cc(=O)c2c(o1)C1C(OC)=CC(O)=CC1C=C2O. The summed E-state index contributed by atoms with van der Waals surface area (Å²) in [6, 6.07) is 1.43. The molecule has 2 unspecified atom stereocenters. The highest BCUT2D eigenvalue weighted by Gasteiger charge is 2.38. The van der Waals surface area contributed by atoms with E-state index in [2.05, 4.69) is 0 Å². The van der Waals surface area contributed by atoms with Gasteiger partial charge in [-0.05, 0) is 18.6 Å². The van der Waals surface area contributed by atoms with E-state index in [0.717, 1.165) is 6.42 Å². The van der Waals surface area contributed by atoms with E-state index >= 15 is 0 Å². The van der Waals surface area contributed by atoms with Crippen LogP contribution in [0.5, 0.6) is 0 Å². The van der Waals surface area contributed by atoms with Crippen molar-refractivity contribution < 1.29 is 19.4 Å². The molecular weight excluding hydrogens is 284 g/mol. The lowest BCUT2D eigenvalue weighted by atomic mass is 9.78. The summed E-state index contributed by atoms with van der Waals surface area (Å²) in [5.41, 5.74) is -0.0787. The lowest BCUT2D eigenvalue weighted by molar-refractivity contribution is 0.229. The fourth-order valence-electron chi connectivity index (χ4n) is 3.07. The van der Waals surface area contributed by atoms with Crippen LogP contribution in [-0.2, 0) is 11.2 Å². The molecule has 2 atom stereocenters. The van der Waals surface area contributed by atoms with Crippen LogP contribution in [0.15, 0.2) is 45.0 Å². The third-order valence-corrected chi connectivity index (χ3v) is 3.99. The second-order valence-electron chi connectivity index (χ2n) is 5.52. The van der Waals surface area contributed by atoms with Gasteiger partial charge in [0, 0.05) is 24.5 Å². The van der Waals surface area contributed by atoms with Crippen LogP contribution in [0.3, 0.4) is 0 Å². The van der Waals surface area contributed by atoms with E-state index in [0.29, 0.717) is 23.7 Å². The molecule has 0 saturated carbocycles. The highest BCUT2D eigenvalue weighted by molar-refractivity contribution is 5.65. The Bertz CT molecular complexity index is 751. The Kier molecular flexibility index (Phi) is 3.56. The predicted molar refractivity (Wildman–Crippen MR) is 81.6 cm³/mol. The molecule has 0 bridgehead atoms. The van der Waals surface area contributed by atoms with Gasteiger partial charge in [0.05, 0.1) is 13.0 Å². The first-order valence-corrected chi connectivity index (χ1v) is 7.29. The average Bonchev–Trinajstić information content (AvgIpc) is 2.45. The third-order valence-electron chi connectivity index (χ3n) is 3.99. The third kappa shape index (κ3) is 2.22. The van der Waals surface area contributed by atoms with Gasteiger partial charge in [-0.2, -0.15) is 0 Å².